The second-order valence-electron chi connectivity index (χ2n) is 6.32. The Hall–Kier alpha value is -2.18. The summed E-state index contributed by atoms with van der Waals surface area (Å²) in [5.74, 6) is 0.930. The second-order valence-corrected chi connectivity index (χ2v) is 7.30. The first-order valence-corrected chi connectivity index (χ1v) is 9.01. The zero-order chi connectivity index (χ0) is 16.5. The number of nitrogens with one attached hydrogen (secondary N) is 2. The number of amides is 1. The molecule has 0 unspecified atom stereocenters. The lowest BCUT2D eigenvalue weighted by Gasteiger charge is -2.37. The van der Waals surface area contributed by atoms with E-state index < -0.39 is 0 Å². The van der Waals surface area contributed by atoms with Crippen molar-refractivity contribution in [1.82, 2.24) is 15.3 Å². The SMILES string of the molecule is O=C(Cc1nc2ccccc2[nH]1)N[C@@H](c1cccs1)C1CC(O)C1. The Morgan fingerprint density at radius 3 is 2.88 bits per heavy atom. The smallest absolute Gasteiger partial charge is 0.228 e. The number of imidazole rings is 1. The summed E-state index contributed by atoms with van der Waals surface area (Å²) in [6.45, 7) is 0. The number of fused-ring (bicyclic) bond motifs is 1. The fraction of sp³-hybridized carbons (Fsp3) is 0.333. The van der Waals surface area contributed by atoms with Gasteiger partial charge in [-0.2, -0.15) is 0 Å². The summed E-state index contributed by atoms with van der Waals surface area (Å²) in [6.07, 6.45) is 1.48. The van der Waals surface area contributed by atoms with Gasteiger partial charge in [0.15, 0.2) is 0 Å². The summed E-state index contributed by atoms with van der Waals surface area (Å²) in [5.41, 5.74) is 1.81. The van der Waals surface area contributed by atoms with Crippen LogP contribution in [-0.4, -0.2) is 27.1 Å². The molecule has 0 saturated heterocycles. The van der Waals surface area contributed by atoms with Gasteiger partial charge in [-0.15, -0.1) is 11.3 Å². The molecule has 2 aromatic heterocycles. The number of hydrogen-bond acceptors (Lipinski definition) is 4. The third-order valence-corrected chi connectivity index (χ3v) is 5.51. The molecule has 6 heteroatoms. The van der Waals surface area contributed by atoms with Crippen molar-refractivity contribution >= 4 is 28.3 Å². The quantitative estimate of drug-likeness (QED) is 0.668. The topological polar surface area (TPSA) is 78.0 Å². The van der Waals surface area contributed by atoms with E-state index in [1.165, 1.54) is 0 Å². The Morgan fingerprint density at radius 2 is 2.17 bits per heavy atom. The van der Waals surface area contributed by atoms with Gasteiger partial charge in [0.05, 0.1) is 29.6 Å². The highest BCUT2D eigenvalue weighted by atomic mass is 32.1. The standard InChI is InChI=1S/C18H19N3O2S/c22-12-8-11(9-12)18(15-6-3-7-24-15)21-17(23)10-16-19-13-4-1-2-5-14(13)20-16/h1-7,11-12,18,22H,8-10H2,(H,19,20)(H,21,23)/t11?,12?,18-/m1/s1. The molecule has 124 valence electrons. The molecule has 0 radical (unpaired) electrons. The van der Waals surface area contributed by atoms with Gasteiger partial charge in [-0.25, -0.2) is 4.98 Å². The number of carbonyl (C=O) groups is 1. The van der Waals surface area contributed by atoms with E-state index in [9.17, 15) is 9.90 Å². The molecule has 0 spiro atoms. The Balaban J connectivity index is 1.46. The minimum absolute atomic E-state index is 0.0229. The molecule has 0 aliphatic heterocycles. The number of hydrogen-bond donors (Lipinski definition) is 3. The highest BCUT2D eigenvalue weighted by Crippen LogP contribution is 2.39. The lowest BCUT2D eigenvalue weighted by Crippen LogP contribution is -2.41. The first-order valence-electron chi connectivity index (χ1n) is 8.13. The minimum atomic E-state index is -0.232. The molecule has 3 aromatic rings. The number of thiophene rings is 1. The van der Waals surface area contributed by atoms with Crippen molar-refractivity contribution in [3.05, 3.63) is 52.5 Å². The molecule has 1 atom stereocenters. The van der Waals surface area contributed by atoms with Gasteiger partial charge in [0.1, 0.15) is 5.82 Å². The number of aliphatic hydroxyl groups excluding tert-OH is 1. The van der Waals surface area contributed by atoms with Gasteiger partial charge in [-0.3, -0.25) is 4.79 Å². The van der Waals surface area contributed by atoms with Crippen molar-refractivity contribution in [2.24, 2.45) is 5.92 Å². The zero-order valence-electron chi connectivity index (χ0n) is 13.1. The van der Waals surface area contributed by atoms with Gasteiger partial charge in [-0.05, 0) is 42.3 Å². The molecule has 2 heterocycles. The summed E-state index contributed by atoms with van der Waals surface area (Å²) in [7, 11) is 0. The lowest BCUT2D eigenvalue weighted by molar-refractivity contribution is -0.122. The Labute approximate surface area is 143 Å². The Kier molecular flexibility index (Phi) is 4.08. The van der Waals surface area contributed by atoms with E-state index in [4.69, 9.17) is 0 Å². The molecule has 1 amide bonds. The largest absolute Gasteiger partial charge is 0.393 e. The second kappa shape index (κ2) is 6.37. The lowest BCUT2D eigenvalue weighted by atomic mass is 9.76. The molecule has 1 aliphatic carbocycles. The van der Waals surface area contributed by atoms with Crippen LogP contribution in [0.3, 0.4) is 0 Å². The van der Waals surface area contributed by atoms with Crippen LogP contribution in [0.5, 0.6) is 0 Å². The van der Waals surface area contributed by atoms with Gasteiger partial charge in [0.25, 0.3) is 0 Å². The number of carbonyl (C=O) groups excluding carboxylic acids is 1. The van der Waals surface area contributed by atoms with E-state index in [-0.39, 0.29) is 24.5 Å². The minimum Gasteiger partial charge on any atom is -0.393 e. The summed E-state index contributed by atoms with van der Waals surface area (Å²) in [4.78, 5) is 21.3. The first-order chi connectivity index (χ1) is 11.7. The number of H-pyrrole nitrogens is 1. The first kappa shape index (κ1) is 15.4. The van der Waals surface area contributed by atoms with E-state index in [1.807, 2.05) is 41.8 Å². The van der Waals surface area contributed by atoms with Crippen molar-refractivity contribution in [1.29, 1.82) is 0 Å². The molecular weight excluding hydrogens is 322 g/mol. The zero-order valence-corrected chi connectivity index (χ0v) is 13.9. The third kappa shape index (κ3) is 3.07. The normalized spacial score (nSPS) is 21.4. The van der Waals surface area contributed by atoms with Crippen LogP contribution in [0.25, 0.3) is 11.0 Å². The fourth-order valence-electron chi connectivity index (χ4n) is 3.26. The molecule has 1 fully saturated rings. The predicted molar refractivity (Wildman–Crippen MR) is 93.7 cm³/mol. The van der Waals surface area contributed by atoms with Crippen molar-refractivity contribution in [3.8, 4) is 0 Å². The van der Waals surface area contributed by atoms with E-state index in [0.717, 1.165) is 28.8 Å². The molecule has 1 aromatic carbocycles. The van der Waals surface area contributed by atoms with Crippen LogP contribution >= 0.6 is 11.3 Å². The maximum atomic E-state index is 12.5. The third-order valence-electron chi connectivity index (χ3n) is 4.55. The molecular formula is C18H19N3O2S. The number of aromatic amines is 1. The van der Waals surface area contributed by atoms with Gasteiger partial charge in [0, 0.05) is 4.88 Å². The average Bonchev–Trinajstić information content (AvgIpc) is 3.18. The monoisotopic (exact) mass is 341 g/mol. The van der Waals surface area contributed by atoms with Crippen molar-refractivity contribution < 1.29 is 9.90 Å². The predicted octanol–water partition coefficient (Wildman–Crippen LogP) is 2.80. The van der Waals surface area contributed by atoms with Crippen molar-refractivity contribution in [2.45, 2.75) is 31.4 Å². The van der Waals surface area contributed by atoms with E-state index in [1.54, 1.807) is 11.3 Å². The van der Waals surface area contributed by atoms with Crippen LogP contribution in [0, 0.1) is 5.92 Å². The van der Waals surface area contributed by atoms with Gasteiger partial charge in [0.2, 0.25) is 5.91 Å². The molecule has 24 heavy (non-hydrogen) atoms. The van der Waals surface area contributed by atoms with Crippen LogP contribution in [0.1, 0.15) is 29.6 Å². The number of rotatable bonds is 5. The number of nitrogens with zero attached hydrogens (tertiary/aromatic N) is 1. The van der Waals surface area contributed by atoms with Crippen molar-refractivity contribution in [2.75, 3.05) is 0 Å². The molecule has 1 saturated carbocycles. The summed E-state index contributed by atoms with van der Waals surface area (Å²) in [5, 5.41) is 14.7. The number of aliphatic hydroxyl groups is 1. The summed E-state index contributed by atoms with van der Waals surface area (Å²) in [6, 6.07) is 11.8. The average molecular weight is 341 g/mol. The molecule has 0 bridgehead atoms. The van der Waals surface area contributed by atoms with Gasteiger partial charge >= 0.3 is 0 Å². The number of benzene rings is 1. The van der Waals surface area contributed by atoms with Crippen molar-refractivity contribution in [3.63, 3.8) is 0 Å². The van der Waals surface area contributed by atoms with E-state index >= 15 is 0 Å². The summed E-state index contributed by atoms with van der Waals surface area (Å²) >= 11 is 1.64. The molecule has 3 N–H and O–H groups in total. The van der Waals surface area contributed by atoms with Gasteiger partial charge < -0.3 is 15.4 Å². The van der Waals surface area contributed by atoms with Crippen LogP contribution < -0.4 is 5.32 Å². The fourth-order valence-corrected chi connectivity index (χ4v) is 4.13. The van der Waals surface area contributed by atoms with Crippen LogP contribution in [0.15, 0.2) is 41.8 Å². The van der Waals surface area contributed by atoms with Crippen LogP contribution in [0.2, 0.25) is 0 Å². The highest BCUT2D eigenvalue weighted by molar-refractivity contribution is 7.10. The Bertz CT molecular complexity index is 804. The van der Waals surface area contributed by atoms with E-state index in [2.05, 4.69) is 15.3 Å². The number of para-hydroxylation sites is 2. The van der Waals surface area contributed by atoms with Gasteiger partial charge in [-0.1, -0.05) is 18.2 Å². The summed E-state index contributed by atoms with van der Waals surface area (Å²) < 4.78 is 0. The molecule has 1 aliphatic rings. The Morgan fingerprint density at radius 1 is 1.33 bits per heavy atom. The van der Waals surface area contributed by atoms with E-state index in [0.29, 0.717) is 11.7 Å². The maximum Gasteiger partial charge on any atom is 0.228 e. The number of aromatic nitrogens is 2. The van der Waals surface area contributed by atoms with Crippen LogP contribution in [-0.2, 0) is 11.2 Å². The maximum absolute atomic E-state index is 12.5. The molecule has 5 nitrogen and oxygen atoms in total. The molecule has 4 rings (SSSR count). The van der Waals surface area contributed by atoms with Crippen LogP contribution in [0.4, 0.5) is 0 Å². The highest BCUT2D eigenvalue weighted by Gasteiger charge is 2.36.